The minimum absolute atomic E-state index is 0.0126. The van der Waals surface area contributed by atoms with Crippen LogP contribution in [0.2, 0.25) is 0 Å². The molecule has 0 aliphatic carbocycles. The van der Waals surface area contributed by atoms with Gasteiger partial charge < -0.3 is 14.4 Å². The molecular weight excluding hydrogens is 440 g/mol. The molecule has 1 aromatic heterocycles. The highest BCUT2D eigenvalue weighted by molar-refractivity contribution is 5.99. The second-order valence-electron chi connectivity index (χ2n) is 9.02. The first kappa shape index (κ1) is 26.2. The lowest BCUT2D eigenvalue weighted by Gasteiger charge is -2.32. The van der Waals surface area contributed by atoms with Crippen molar-refractivity contribution in [2.75, 3.05) is 27.3 Å². The summed E-state index contributed by atoms with van der Waals surface area (Å²) in [5.74, 6) is 1.77. The summed E-state index contributed by atoms with van der Waals surface area (Å²) in [5, 5.41) is 4.02. The summed E-state index contributed by atoms with van der Waals surface area (Å²) >= 11 is 0. The number of unbranched alkanes of at least 4 members (excludes halogenated alkanes) is 3. The normalized spacial score (nSPS) is 14.4. The van der Waals surface area contributed by atoms with E-state index >= 15 is 0 Å². The zero-order chi connectivity index (χ0) is 24.9. The van der Waals surface area contributed by atoms with Crippen LogP contribution in [-0.4, -0.2) is 48.8 Å². The first-order valence-electron chi connectivity index (χ1n) is 12.5. The Labute approximate surface area is 209 Å². The lowest BCUT2D eigenvalue weighted by molar-refractivity contribution is 0.0678. The van der Waals surface area contributed by atoms with E-state index < -0.39 is 0 Å². The Morgan fingerprint density at radius 2 is 1.71 bits per heavy atom. The minimum atomic E-state index is -0.0126. The van der Waals surface area contributed by atoms with Crippen molar-refractivity contribution in [1.29, 1.82) is 0 Å². The Kier molecular flexibility index (Phi) is 10.6. The zero-order valence-electron chi connectivity index (χ0n) is 20.9. The van der Waals surface area contributed by atoms with Crippen molar-refractivity contribution >= 4 is 11.6 Å². The van der Waals surface area contributed by atoms with E-state index in [1.165, 1.54) is 19.3 Å². The summed E-state index contributed by atoms with van der Waals surface area (Å²) in [4.78, 5) is 22.4. The molecule has 2 heterocycles. The van der Waals surface area contributed by atoms with Crippen molar-refractivity contribution in [2.24, 2.45) is 11.0 Å². The average Bonchev–Trinajstić information content (AvgIpc) is 2.90. The van der Waals surface area contributed by atoms with Gasteiger partial charge in [-0.2, -0.15) is 6.57 Å². The lowest BCUT2D eigenvalue weighted by atomic mass is 9.90. The molecule has 1 saturated heterocycles. The fraction of sp³-hybridized carbons (Fsp3) is 0.500. The van der Waals surface area contributed by atoms with Gasteiger partial charge in [-0.15, -0.1) is 4.95 Å². The van der Waals surface area contributed by atoms with Gasteiger partial charge in [-0.3, -0.25) is 9.78 Å². The zero-order valence-corrected chi connectivity index (χ0v) is 20.9. The molecule has 0 unspecified atom stereocenters. The molecule has 186 valence electrons. The number of rotatable bonds is 12. The third kappa shape index (κ3) is 7.81. The molecule has 0 N–H and O–H groups in total. The average molecular weight is 477 g/mol. The second-order valence-corrected chi connectivity index (χ2v) is 9.02. The van der Waals surface area contributed by atoms with Gasteiger partial charge >= 0.3 is 0 Å². The Morgan fingerprint density at radius 3 is 2.34 bits per heavy atom. The van der Waals surface area contributed by atoms with Crippen molar-refractivity contribution in [3.8, 4) is 11.5 Å². The van der Waals surface area contributed by atoms with Gasteiger partial charge in [0.1, 0.15) is 22.8 Å². The van der Waals surface area contributed by atoms with Crippen molar-refractivity contribution in [2.45, 2.75) is 57.8 Å². The quantitative estimate of drug-likeness (QED) is 0.168. The fourth-order valence-corrected chi connectivity index (χ4v) is 4.74. The van der Waals surface area contributed by atoms with Gasteiger partial charge in [0.15, 0.2) is 0 Å². The summed E-state index contributed by atoms with van der Waals surface area (Å²) in [6, 6.07) is 9.40. The molecule has 1 aliphatic rings. The summed E-state index contributed by atoms with van der Waals surface area (Å²) in [6.45, 7) is 8.62. The third-order valence-corrected chi connectivity index (χ3v) is 6.72. The number of ether oxygens (including phenoxy) is 2. The molecular formula is C28H36N4O3. The number of likely N-dealkylation sites (tertiary alicyclic amines) is 1. The van der Waals surface area contributed by atoms with Crippen LogP contribution in [-0.2, 0) is 6.42 Å². The number of amides is 1. The smallest absolute Gasteiger partial charge is 0.261 e. The summed E-state index contributed by atoms with van der Waals surface area (Å²) in [5.41, 5.74) is 2.62. The van der Waals surface area contributed by atoms with Crippen LogP contribution in [0.15, 0.2) is 47.8 Å². The maximum atomic E-state index is 13.1. The number of nitrogens with zero attached hydrogens (tertiary/aromatic N) is 4. The number of carbonyl (C=O) groups excluding carboxylic acids is 1. The van der Waals surface area contributed by atoms with E-state index in [-0.39, 0.29) is 5.91 Å². The molecule has 0 saturated carbocycles. The van der Waals surface area contributed by atoms with Crippen LogP contribution in [0, 0.1) is 12.5 Å². The maximum absolute atomic E-state index is 13.1. The molecule has 2 aromatic rings. The highest BCUT2D eigenvalue weighted by Crippen LogP contribution is 2.31. The molecule has 1 amide bonds. The van der Waals surface area contributed by atoms with Gasteiger partial charge in [-0.25, -0.2) is 0 Å². The molecule has 0 atom stereocenters. The lowest BCUT2D eigenvalue weighted by Crippen LogP contribution is -2.38. The van der Waals surface area contributed by atoms with E-state index in [9.17, 15) is 4.79 Å². The van der Waals surface area contributed by atoms with Crippen molar-refractivity contribution < 1.29 is 14.3 Å². The number of carbonyl (C=O) groups is 1. The van der Waals surface area contributed by atoms with Crippen molar-refractivity contribution in [1.82, 2.24) is 9.88 Å². The van der Waals surface area contributed by atoms with Crippen LogP contribution in [0.3, 0.4) is 0 Å². The van der Waals surface area contributed by atoms with Crippen LogP contribution in [0.25, 0.3) is 4.95 Å². The largest absolute Gasteiger partial charge is 0.496 e. The van der Waals surface area contributed by atoms with Gasteiger partial charge in [0.25, 0.3) is 5.91 Å². The van der Waals surface area contributed by atoms with Crippen LogP contribution in [0.5, 0.6) is 11.5 Å². The van der Waals surface area contributed by atoms with Gasteiger partial charge in [-0.1, -0.05) is 31.7 Å². The molecule has 3 rings (SSSR count). The molecule has 1 aliphatic heterocycles. The molecule has 1 aromatic carbocycles. The topological polar surface area (TPSA) is 68.4 Å². The number of piperidine rings is 1. The Hall–Kier alpha value is -3.40. The van der Waals surface area contributed by atoms with E-state index in [1.807, 2.05) is 23.1 Å². The molecule has 1 fully saturated rings. The molecule has 35 heavy (non-hydrogen) atoms. The monoisotopic (exact) mass is 476 g/mol. The number of hydrogen-bond donors (Lipinski definition) is 0. The maximum Gasteiger partial charge on any atom is 0.261 e. The SMILES string of the molecule is [C-]#[N+]/N=C(\CCCCCCC1CCN(C(=O)c2c(OC)cccc2OC)CC1)Cc1ccncc1. The van der Waals surface area contributed by atoms with Gasteiger partial charge in [0, 0.05) is 31.9 Å². The number of methoxy groups -OCH3 is 2. The van der Waals surface area contributed by atoms with E-state index in [0.717, 1.165) is 62.9 Å². The molecule has 0 radical (unpaired) electrons. The van der Waals surface area contributed by atoms with Crippen LogP contribution >= 0.6 is 0 Å². The number of benzene rings is 1. The molecule has 7 nitrogen and oxygen atoms in total. The van der Waals surface area contributed by atoms with E-state index in [4.69, 9.17) is 16.0 Å². The Balaban J connectivity index is 1.35. The highest BCUT2D eigenvalue weighted by Gasteiger charge is 2.27. The van der Waals surface area contributed by atoms with Crippen molar-refractivity contribution in [3.05, 3.63) is 65.4 Å². The summed E-state index contributed by atoms with van der Waals surface area (Å²) in [7, 11) is 3.16. The van der Waals surface area contributed by atoms with Gasteiger partial charge in [0.05, 0.1) is 19.3 Å². The predicted octanol–water partition coefficient (Wildman–Crippen LogP) is 5.81. The van der Waals surface area contributed by atoms with Crippen LogP contribution < -0.4 is 9.47 Å². The Morgan fingerprint density at radius 1 is 1.06 bits per heavy atom. The number of hydrogen-bond acceptors (Lipinski definition) is 5. The molecule has 0 spiro atoms. The van der Waals surface area contributed by atoms with Gasteiger partial charge in [-0.05, 0) is 61.4 Å². The van der Waals surface area contributed by atoms with Crippen molar-refractivity contribution in [3.63, 3.8) is 0 Å². The van der Waals surface area contributed by atoms with Crippen LogP contribution in [0.4, 0.5) is 0 Å². The fourth-order valence-electron chi connectivity index (χ4n) is 4.74. The third-order valence-electron chi connectivity index (χ3n) is 6.72. The van der Waals surface area contributed by atoms with E-state index in [0.29, 0.717) is 23.0 Å². The standard InChI is InChI=1S/C28H36N4O3/c1-29-31-24(21-23-13-17-30-18-14-23)10-7-5-4-6-9-22-15-19-32(20-16-22)28(33)27-25(34-2)11-8-12-26(27)35-3/h8,11-14,17-18,22H,4-7,9-10,15-16,19-21H2,2-3H3/b31-24+. The van der Waals surface area contributed by atoms with Gasteiger partial charge in [0.2, 0.25) is 0 Å². The second kappa shape index (κ2) is 14.1. The first-order chi connectivity index (χ1) is 17.2. The van der Waals surface area contributed by atoms with E-state index in [2.05, 4.69) is 15.0 Å². The summed E-state index contributed by atoms with van der Waals surface area (Å²) < 4.78 is 10.8. The molecule has 7 heteroatoms. The highest BCUT2D eigenvalue weighted by atomic mass is 16.5. The van der Waals surface area contributed by atoms with E-state index in [1.54, 1.807) is 38.7 Å². The first-order valence-corrected chi connectivity index (χ1v) is 12.5. The predicted molar refractivity (Wildman–Crippen MR) is 138 cm³/mol. The van der Waals surface area contributed by atoms with Crippen LogP contribution in [0.1, 0.15) is 67.3 Å². The molecule has 0 bridgehead atoms. The number of aromatic nitrogens is 1. The Bertz CT molecular complexity index is 986. The summed E-state index contributed by atoms with van der Waals surface area (Å²) in [6.07, 6.45) is 13.1. The minimum Gasteiger partial charge on any atom is -0.496 e. The number of pyridine rings is 1.